The second-order valence-corrected chi connectivity index (χ2v) is 6.97. The van der Waals surface area contributed by atoms with E-state index in [0.29, 0.717) is 12.1 Å². The Labute approximate surface area is 136 Å². The minimum absolute atomic E-state index is 0.0638. The number of benzene rings is 2. The summed E-state index contributed by atoms with van der Waals surface area (Å²) in [5.74, 6) is -0.784. The average molecular weight is 313 g/mol. The Morgan fingerprint density at radius 3 is 2.35 bits per heavy atom. The van der Waals surface area contributed by atoms with Crippen molar-refractivity contribution in [3.05, 3.63) is 77.4 Å². The third-order valence-corrected chi connectivity index (χ3v) is 4.31. The van der Waals surface area contributed by atoms with Crippen molar-refractivity contribution in [3.63, 3.8) is 0 Å². The molecule has 1 unspecified atom stereocenters. The molecular formula is C20H21F2N. The third-order valence-electron chi connectivity index (χ3n) is 4.31. The van der Waals surface area contributed by atoms with Gasteiger partial charge in [-0.2, -0.15) is 0 Å². The SMILES string of the molecule is CC(C)(C)N1CC(c2cc(F)ccc2F)=CC1c1ccccc1. The van der Waals surface area contributed by atoms with Crippen LogP contribution >= 0.6 is 0 Å². The number of hydrogen-bond acceptors (Lipinski definition) is 1. The largest absolute Gasteiger partial charge is 0.284 e. The predicted molar refractivity (Wildman–Crippen MR) is 90.0 cm³/mol. The maximum Gasteiger partial charge on any atom is 0.130 e. The lowest BCUT2D eigenvalue weighted by Crippen LogP contribution is -2.41. The van der Waals surface area contributed by atoms with Gasteiger partial charge in [-0.05, 0) is 50.1 Å². The number of rotatable bonds is 2. The fraction of sp³-hybridized carbons (Fsp3) is 0.300. The van der Waals surface area contributed by atoms with Crippen LogP contribution in [0.5, 0.6) is 0 Å². The maximum absolute atomic E-state index is 14.1. The molecule has 0 aromatic heterocycles. The Hall–Kier alpha value is -2.00. The highest BCUT2D eigenvalue weighted by atomic mass is 19.1. The smallest absolute Gasteiger partial charge is 0.130 e. The van der Waals surface area contributed by atoms with Gasteiger partial charge in [-0.3, -0.25) is 4.90 Å². The van der Waals surface area contributed by atoms with Crippen molar-refractivity contribution < 1.29 is 8.78 Å². The molecule has 0 bridgehead atoms. The van der Waals surface area contributed by atoms with E-state index in [1.165, 1.54) is 12.1 Å². The molecule has 0 saturated heterocycles. The summed E-state index contributed by atoms with van der Waals surface area (Å²) in [6, 6.07) is 13.8. The third kappa shape index (κ3) is 3.20. The molecule has 1 atom stereocenters. The molecule has 2 aromatic rings. The van der Waals surface area contributed by atoms with Gasteiger partial charge >= 0.3 is 0 Å². The van der Waals surface area contributed by atoms with Crippen LogP contribution in [0.1, 0.15) is 37.9 Å². The first kappa shape index (κ1) is 15.9. The summed E-state index contributed by atoms with van der Waals surface area (Å²) in [6.45, 7) is 7.02. The standard InChI is InChI=1S/C20H21F2N/c1-20(2,3)23-13-15(17-12-16(21)9-10-18(17)22)11-19(23)14-7-5-4-6-8-14/h4-12,19H,13H2,1-3H3. The van der Waals surface area contributed by atoms with Crippen molar-refractivity contribution in [3.8, 4) is 0 Å². The Morgan fingerprint density at radius 2 is 1.70 bits per heavy atom. The topological polar surface area (TPSA) is 3.24 Å². The lowest BCUT2D eigenvalue weighted by atomic mass is 10.00. The summed E-state index contributed by atoms with van der Waals surface area (Å²) < 4.78 is 27.7. The molecule has 23 heavy (non-hydrogen) atoms. The van der Waals surface area contributed by atoms with Crippen molar-refractivity contribution >= 4 is 5.57 Å². The zero-order valence-electron chi connectivity index (χ0n) is 13.7. The monoisotopic (exact) mass is 313 g/mol. The van der Waals surface area contributed by atoms with Crippen LogP contribution in [0.3, 0.4) is 0 Å². The quantitative estimate of drug-likeness (QED) is 0.736. The van der Waals surface area contributed by atoms with E-state index in [2.05, 4.69) is 43.9 Å². The van der Waals surface area contributed by atoms with Crippen LogP contribution in [0.25, 0.3) is 5.57 Å². The molecule has 0 amide bonds. The van der Waals surface area contributed by atoms with Gasteiger partial charge in [0.1, 0.15) is 11.6 Å². The van der Waals surface area contributed by atoms with Gasteiger partial charge in [0.15, 0.2) is 0 Å². The highest BCUT2D eigenvalue weighted by Gasteiger charge is 2.34. The Morgan fingerprint density at radius 1 is 1.00 bits per heavy atom. The van der Waals surface area contributed by atoms with E-state index in [1.807, 2.05) is 18.2 Å². The summed E-state index contributed by atoms with van der Waals surface area (Å²) in [5.41, 5.74) is 2.28. The molecule has 0 N–H and O–H groups in total. The van der Waals surface area contributed by atoms with Crippen molar-refractivity contribution in [2.75, 3.05) is 6.54 Å². The first-order chi connectivity index (χ1) is 10.9. The highest BCUT2D eigenvalue weighted by Crippen LogP contribution is 2.39. The zero-order valence-corrected chi connectivity index (χ0v) is 13.7. The second kappa shape index (κ2) is 5.89. The van der Waals surface area contributed by atoms with Crippen molar-refractivity contribution in [1.29, 1.82) is 0 Å². The van der Waals surface area contributed by atoms with Crippen LogP contribution in [-0.2, 0) is 0 Å². The molecule has 0 aliphatic carbocycles. The van der Waals surface area contributed by atoms with E-state index >= 15 is 0 Å². The van der Waals surface area contributed by atoms with E-state index in [9.17, 15) is 8.78 Å². The second-order valence-electron chi connectivity index (χ2n) is 6.97. The van der Waals surface area contributed by atoms with Crippen LogP contribution in [-0.4, -0.2) is 17.0 Å². The van der Waals surface area contributed by atoms with Gasteiger partial charge in [-0.25, -0.2) is 8.78 Å². The molecule has 1 nitrogen and oxygen atoms in total. The van der Waals surface area contributed by atoms with Crippen LogP contribution in [0.2, 0.25) is 0 Å². The molecule has 120 valence electrons. The van der Waals surface area contributed by atoms with Gasteiger partial charge < -0.3 is 0 Å². The fourth-order valence-corrected chi connectivity index (χ4v) is 3.11. The minimum Gasteiger partial charge on any atom is -0.284 e. The summed E-state index contributed by atoms with van der Waals surface area (Å²) >= 11 is 0. The average Bonchev–Trinajstić information content (AvgIpc) is 2.96. The zero-order chi connectivity index (χ0) is 16.6. The maximum atomic E-state index is 14.1. The summed E-state index contributed by atoms with van der Waals surface area (Å²) in [7, 11) is 0. The minimum atomic E-state index is -0.409. The van der Waals surface area contributed by atoms with Crippen LogP contribution in [0, 0.1) is 11.6 Å². The van der Waals surface area contributed by atoms with E-state index in [-0.39, 0.29) is 17.4 Å². The summed E-state index contributed by atoms with van der Waals surface area (Å²) in [6.07, 6.45) is 2.05. The number of nitrogens with zero attached hydrogens (tertiary/aromatic N) is 1. The first-order valence-electron chi connectivity index (χ1n) is 7.84. The van der Waals surface area contributed by atoms with Crippen LogP contribution in [0.15, 0.2) is 54.6 Å². The van der Waals surface area contributed by atoms with E-state index < -0.39 is 5.82 Å². The number of halogens is 2. The van der Waals surface area contributed by atoms with Gasteiger partial charge in [0.25, 0.3) is 0 Å². The van der Waals surface area contributed by atoms with Gasteiger partial charge in [-0.1, -0.05) is 36.4 Å². The molecule has 1 aliphatic rings. The van der Waals surface area contributed by atoms with Crippen molar-refractivity contribution in [1.82, 2.24) is 4.90 Å². The highest BCUT2D eigenvalue weighted by molar-refractivity contribution is 5.70. The first-order valence-corrected chi connectivity index (χ1v) is 7.84. The summed E-state index contributed by atoms with van der Waals surface area (Å²) in [4.78, 5) is 2.31. The van der Waals surface area contributed by atoms with E-state index in [0.717, 1.165) is 17.2 Å². The molecule has 0 fully saturated rings. The lowest BCUT2D eigenvalue weighted by Gasteiger charge is -2.37. The van der Waals surface area contributed by atoms with Gasteiger partial charge in [0.2, 0.25) is 0 Å². The van der Waals surface area contributed by atoms with Gasteiger partial charge in [0.05, 0.1) is 6.04 Å². The molecule has 0 saturated carbocycles. The predicted octanol–water partition coefficient (Wildman–Crippen LogP) is 5.20. The normalized spacial score (nSPS) is 19.0. The van der Waals surface area contributed by atoms with Crippen LogP contribution in [0.4, 0.5) is 8.78 Å². The Balaban J connectivity index is 2.05. The molecule has 3 heteroatoms. The molecule has 1 aliphatic heterocycles. The van der Waals surface area contributed by atoms with Crippen LogP contribution < -0.4 is 0 Å². The molecule has 1 heterocycles. The molecule has 3 rings (SSSR count). The lowest BCUT2D eigenvalue weighted by molar-refractivity contribution is 0.134. The summed E-state index contributed by atoms with van der Waals surface area (Å²) in [5, 5.41) is 0. The molecular weight excluding hydrogens is 292 g/mol. The van der Waals surface area contributed by atoms with Crippen molar-refractivity contribution in [2.45, 2.75) is 32.4 Å². The van der Waals surface area contributed by atoms with Gasteiger partial charge in [-0.15, -0.1) is 0 Å². The van der Waals surface area contributed by atoms with E-state index in [4.69, 9.17) is 0 Å². The number of hydrogen-bond donors (Lipinski definition) is 0. The molecule has 0 spiro atoms. The Kier molecular flexibility index (Phi) is 4.07. The van der Waals surface area contributed by atoms with Crippen molar-refractivity contribution in [2.24, 2.45) is 0 Å². The van der Waals surface area contributed by atoms with E-state index in [1.54, 1.807) is 0 Å². The van der Waals surface area contributed by atoms with Gasteiger partial charge in [0, 0.05) is 17.6 Å². The Bertz CT molecular complexity index is 729. The fourth-order valence-electron chi connectivity index (χ4n) is 3.11. The molecule has 0 radical (unpaired) electrons. The molecule has 2 aromatic carbocycles.